The van der Waals surface area contributed by atoms with Gasteiger partial charge in [0.15, 0.2) is 17.1 Å². The largest absolute Gasteiger partial charge is 0.493 e. The van der Waals surface area contributed by atoms with Gasteiger partial charge < -0.3 is 30.6 Å². The van der Waals surface area contributed by atoms with Gasteiger partial charge in [0.25, 0.3) is 5.91 Å². The Morgan fingerprint density at radius 2 is 1.59 bits per heavy atom. The Labute approximate surface area is 227 Å². The van der Waals surface area contributed by atoms with Crippen LogP contribution in [0.5, 0.6) is 11.5 Å². The maximum Gasteiger partial charge on any atom is 0.313 e. The number of anilines is 2. The molecule has 1 aliphatic carbocycles. The summed E-state index contributed by atoms with van der Waals surface area (Å²) in [6.45, 7) is 1.04. The molecule has 0 radical (unpaired) electrons. The highest BCUT2D eigenvalue weighted by molar-refractivity contribution is 5.92. The number of rotatable bonds is 8. The molecule has 3 aromatic rings. The minimum absolute atomic E-state index is 0.334. The van der Waals surface area contributed by atoms with Gasteiger partial charge in [0, 0.05) is 24.5 Å². The molecule has 0 unspecified atom stereocenters. The lowest BCUT2D eigenvalue weighted by atomic mass is 9.73. The summed E-state index contributed by atoms with van der Waals surface area (Å²) in [5.41, 5.74) is 11.7. The zero-order valence-corrected chi connectivity index (χ0v) is 22.4. The lowest BCUT2D eigenvalue weighted by Crippen LogP contribution is -2.52. The second-order valence-corrected chi connectivity index (χ2v) is 10.5. The number of aromatic nitrogens is 2. The number of esters is 1. The predicted octanol–water partition coefficient (Wildman–Crippen LogP) is 3.40. The molecule has 4 N–H and O–H groups in total. The number of ether oxygens (including phenoxy) is 3. The van der Waals surface area contributed by atoms with E-state index in [4.69, 9.17) is 30.7 Å². The van der Waals surface area contributed by atoms with Gasteiger partial charge in [0.1, 0.15) is 5.82 Å². The second kappa shape index (κ2) is 10.6. The van der Waals surface area contributed by atoms with Crippen LogP contribution in [0.1, 0.15) is 44.1 Å². The maximum atomic E-state index is 13.9. The van der Waals surface area contributed by atoms with E-state index in [0.29, 0.717) is 79.4 Å². The molecular weight excluding hydrogens is 498 g/mol. The van der Waals surface area contributed by atoms with E-state index in [1.165, 1.54) is 0 Å². The SMILES string of the molecule is COc1cc2nc(N3CCC(Cc4ccccc4)(C(=O)OC4(C(N)=O)CCCC4)CC3)nc(N)c2cc1OC. The fourth-order valence-corrected chi connectivity index (χ4v) is 5.81. The number of methoxy groups -OCH3 is 2. The lowest BCUT2D eigenvalue weighted by Gasteiger charge is -2.42. The monoisotopic (exact) mass is 533 g/mol. The first-order valence-corrected chi connectivity index (χ1v) is 13.3. The Hall–Kier alpha value is -4.08. The molecule has 10 nitrogen and oxygen atoms in total. The summed E-state index contributed by atoms with van der Waals surface area (Å²) in [6.07, 6.45) is 4.08. The topological polar surface area (TPSA) is 143 Å². The van der Waals surface area contributed by atoms with Crippen LogP contribution in [-0.4, -0.2) is 54.8 Å². The molecule has 2 aromatic carbocycles. The summed E-state index contributed by atoms with van der Waals surface area (Å²) in [5.74, 6) is 0.994. The molecule has 2 fully saturated rings. The van der Waals surface area contributed by atoms with Crippen molar-refractivity contribution >= 4 is 34.5 Å². The first kappa shape index (κ1) is 26.5. The molecule has 1 saturated carbocycles. The quantitative estimate of drug-likeness (QED) is 0.416. The fourth-order valence-electron chi connectivity index (χ4n) is 5.81. The van der Waals surface area contributed by atoms with E-state index in [9.17, 15) is 9.59 Å². The van der Waals surface area contributed by atoms with Crippen LogP contribution < -0.4 is 25.8 Å². The van der Waals surface area contributed by atoms with Gasteiger partial charge in [0.05, 0.1) is 25.2 Å². The minimum atomic E-state index is -1.21. The maximum absolute atomic E-state index is 13.9. The average Bonchev–Trinajstić information content (AvgIpc) is 3.43. The van der Waals surface area contributed by atoms with Crippen molar-refractivity contribution in [2.75, 3.05) is 37.9 Å². The highest BCUT2D eigenvalue weighted by atomic mass is 16.6. The summed E-state index contributed by atoms with van der Waals surface area (Å²) in [6, 6.07) is 13.4. The summed E-state index contributed by atoms with van der Waals surface area (Å²) in [7, 11) is 3.13. The number of carbonyl (C=O) groups excluding carboxylic acids is 2. The van der Waals surface area contributed by atoms with E-state index in [0.717, 1.165) is 18.4 Å². The highest BCUT2D eigenvalue weighted by Gasteiger charge is 2.50. The molecule has 1 amide bonds. The molecule has 39 heavy (non-hydrogen) atoms. The standard InChI is InChI=1S/C29H35N5O5/c1-37-22-16-20-21(17-23(22)38-2)32-27(33-24(20)30)34-14-12-28(13-15-34,18-19-8-4-3-5-9-19)26(36)39-29(25(31)35)10-6-7-11-29/h3-5,8-9,16-17H,6-7,10-15,18H2,1-2H3,(H2,31,35)(H2,30,32,33). The van der Waals surface area contributed by atoms with Gasteiger partial charge in [0.2, 0.25) is 5.95 Å². The van der Waals surface area contributed by atoms with Crippen LogP contribution in [0.4, 0.5) is 11.8 Å². The first-order chi connectivity index (χ1) is 18.8. The molecule has 2 heterocycles. The van der Waals surface area contributed by atoms with Crippen molar-refractivity contribution in [3.05, 3.63) is 48.0 Å². The van der Waals surface area contributed by atoms with Gasteiger partial charge in [-0.3, -0.25) is 9.59 Å². The molecule has 0 spiro atoms. The van der Waals surface area contributed by atoms with Crippen molar-refractivity contribution in [1.82, 2.24) is 9.97 Å². The van der Waals surface area contributed by atoms with E-state index in [1.807, 2.05) is 35.2 Å². The molecule has 1 aromatic heterocycles. The van der Waals surface area contributed by atoms with E-state index >= 15 is 0 Å². The van der Waals surface area contributed by atoms with E-state index in [2.05, 4.69) is 4.98 Å². The number of primary amides is 1. The highest BCUT2D eigenvalue weighted by Crippen LogP contribution is 2.42. The summed E-state index contributed by atoms with van der Waals surface area (Å²) >= 11 is 0. The Balaban J connectivity index is 1.42. The third-order valence-corrected chi connectivity index (χ3v) is 8.19. The van der Waals surface area contributed by atoms with Gasteiger partial charge in [-0.2, -0.15) is 4.98 Å². The number of piperidine rings is 1. The summed E-state index contributed by atoms with van der Waals surface area (Å²) in [5, 5.41) is 0.670. The van der Waals surface area contributed by atoms with Crippen LogP contribution in [0.3, 0.4) is 0 Å². The number of hydrogen-bond donors (Lipinski definition) is 2. The molecule has 5 rings (SSSR count). The first-order valence-electron chi connectivity index (χ1n) is 13.3. The Morgan fingerprint density at radius 1 is 0.949 bits per heavy atom. The van der Waals surface area contributed by atoms with Crippen molar-refractivity contribution < 1.29 is 23.8 Å². The van der Waals surface area contributed by atoms with Gasteiger partial charge in [-0.05, 0) is 56.6 Å². The van der Waals surface area contributed by atoms with E-state index < -0.39 is 16.9 Å². The molecular formula is C29H35N5O5. The molecule has 206 valence electrons. The summed E-state index contributed by atoms with van der Waals surface area (Å²) < 4.78 is 16.9. The third kappa shape index (κ3) is 5.03. The predicted molar refractivity (Wildman–Crippen MR) is 148 cm³/mol. The van der Waals surface area contributed by atoms with Gasteiger partial charge in [-0.15, -0.1) is 0 Å². The number of nitrogens with two attached hydrogens (primary N) is 2. The minimum Gasteiger partial charge on any atom is -0.493 e. The average molecular weight is 534 g/mol. The molecule has 2 aliphatic rings. The van der Waals surface area contributed by atoms with Crippen molar-refractivity contribution in [1.29, 1.82) is 0 Å². The Bertz CT molecular complexity index is 1370. The van der Waals surface area contributed by atoms with Gasteiger partial charge in [-0.25, -0.2) is 4.98 Å². The van der Waals surface area contributed by atoms with Crippen LogP contribution in [0.25, 0.3) is 10.9 Å². The molecule has 1 aliphatic heterocycles. The molecule has 10 heteroatoms. The zero-order valence-electron chi connectivity index (χ0n) is 22.4. The van der Waals surface area contributed by atoms with Crippen molar-refractivity contribution in [3.8, 4) is 11.5 Å². The normalized spacial score (nSPS) is 18.1. The van der Waals surface area contributed by atoms with Crippen LogP contribution in [0.15, 0.2) is 42.5 Å². The number of amides is 1. The van der Waals surface area contributed by atoms with Crippen LogP contribution in [0.2, 0.25) is 0 Å². The molecule has 1 saturated heterocycles. The van der Waals surface area contributed by atoms with E-state index in [-0.39, 0.29) is 5.97 Å². The number of benzene rings is 2. The van der Waals surface area contributed by atoms with E-state index in [1.54, 1.807) is 26.4 Å². The number of hydrogen-bond acceptors (Lipinski definition) is 9. The van der Waals surface area contributed by atoms with Crippen molar-refractivity contribution in [3.63, 3.8) is 0 Å². The van der Waals surface area contributed by atoms with Crippen molar-refractivity contribution in [2.24, 2.45) is 11.1 Å². The van der Waals surface area contributed by atoms with Crippen LogP contribution in [-0.2, 0) is 20.7 Å². The molecule has 0 atom stereocenters. The Morgan fingerprint density at radius 3 is 2.21 bits per heavy atom. The van der Waals surface area contributed by atoms with Gasteiger partial charge in [-0.1, -0.05) is 30.3 Å². The Kier molecular flexibility index (Phi) is 7.20. The third-order valence-electron chi connectivity index (χ3n) is 8.19. The number of fused-ring (bicyclic) bond motifs is 1. The summed E-state index contributed by atoms with van der Waals surface area (Å²) in [4.78, 5) is 37.6. The van der Waals surface area contributed by atoms with Crippen LogP contribution >= 0.6 is 0 Å². The smallest absolute Gasteiger partial charge is 0.313 e. The number of carbonyl (C=O) groups is 2. The van der Waals surface area contributed by atoms with Crippen LogP contribution in [0, 0.1) is 5.41 Å². The number of nitrogens with zero attached hydrogens (tertiary/aromatic N) is 3. The fraction of sp³-hybridized carbons (Fsp3) is 0.448. The lowest BCUT2D eigenvalue weighted by molar-refractivity contribution is -0.178. The molecule has 0 bridgehead atoms. The number of nitrogen functional groups attached to an aromatic ring is 1. The second-order valence-electron chi connectivity index (χ2n) is 10.5. The van der Waals surface area contributed by atoms with Gasteiger partial charge >= 0.3 is 5.97 Å². The zero-order chi connectivity index (χ0) is 27.6. The van der Waals surface area contributed by atoms with Crippen molar-refractivity contribution in [2.45, 2.75) is 50.5 Å².